The van der Waals surface area contributed by atoms with Crippen LogP contribution in [0, 0.1) is 9.39 Å². The largest absolute Gasteiger partial charge is 0.505 e. The molecule has 6 heteroatoms. The number of amides is 1. The molecule has 2 aromatic carbocycles. The van der Waals surface area contributed by atoms with Crippen molar-refractivity contribution in [2.45, 2.75) is 6.54 Å². The number of hydrogen-bond donors (Lipinski definition) is 3. The average Bonchev–Trinajstić information content (AvgIpc) is 2.91. The molecule has 4 nitrogen and oxygen atoms in total. The van der Waals surface area contributed by atoms with Gasteiger partial charge in [-0.15, -0.1) is 0 Å². The van der Waals surface area contributed by atoms with E-state index in [1.54, 1.807) is 12.1 Å². The second kappa shape index (κ2) is 5.96. The van der Waals surface area contributed by atoms with Gasteiger partial charge in [0.15, 0.2) is 11.6 Å². The predicted molar refractivity (Wildman–Crippen MR) is 90.3 cm³/mol. The van der Waals surface area contributed by atoms with Gasteiger partial charge in [-0.25, -0.2) is 4.39 Å². The van der Waals surface area contributed by atoms with Crippen LogP contribution in [0.2, 0.25) is 0 Å². The molecule has 0 unspecified atom stereocenters. The summed E-state index contributed by atoms with van der Waals surface area (Å²) in [5, 5.41) is 12.8. The Morgan fingerprint density at radius 1 is 1.23 bits per heavy atom. The van der Waals surface area contributed by atoms with Crippen LogP contribution in [0.4, 0.5) is 4.39 Å². The summed E-state index contributed by atoms with van der Waals surface area (Å²) in [5.74, 6) is -1.37. The Labute approximate surface area is 139 Å². The van der Waals surface area contributed by atoms with Crippen LogP contribution in [0.25, 0.3) is 10.9 Å². The first kappa shape index (κ1) is 14.8. The maximum absolute atomic E-state index is 13.2. The summed E-state index contributed by atoms with van der Waals surface area (Å²) in [6, 6.07) is 11.7. The van der Waals surface area contributed by atoms with Crippen LogP contribution in [0.15, 0.2) is 42.5 Å². The van der Waals surface area contributed by atoms with Crippen molar-refractivity contribution >= 4 is 39.4 Å². The van der Waals surface area contributed by atoms with Crippen molar-refractivity contribution in [1.29, 1.82) is 0 Å². The van der Waals surface area contributed by atoms with Gasteiger partial charge in [0.25, 0.3) is 5.91 Å². The Bertz CT molecular complexity index is 860. The van der Waals surface area contributed by atoms with E-state index in [0.717, 1.165) is 14.5 Å². The fourth-order valence-corrected chi connectivity index (χ4v) is 2.68. The lowest BCUT2D eigenvalue weighted by molar-refractivity contribution is 0.0946. The van der Waals surface area contributed by atoms with Crippen LogP contribution in [0.5, 0.6) is 5.75 Å². The molecule has 1 aromatic heterocycles. The Morgan fingerprint density at radius 2 is 2.05 bits per heavy atom. The number of carbonyl (C=O) groups is 1. The molecule has 0 atom stereocenters. The van der Waals surface area contributed by atoms with Crippen LogP contribution in [-0.2, 0) is 6.54 Å². The molecule has 0 fully saturated rings. The highest BCUT2D eigenvalue weighted by atomic mass is 127. The summed E-state index contributed by atoms with van der Waals surface area (Å²) in [6.07, 6.45) is 0. The van der Waals surface area contributed by atoms with Crippen molar-refractivity contribution in [3.05, 3.63) is 63.1 Å². The van der Waals surface area contributed by atoms with Gasteiger partial charge in [-0.3, -0.25) is 4.79 Å². The highest BCUT2D eigenvalue weighted by Crippen LogP contribution is 2.19. The summed E-state index contributed by atoms with van der Waals surface area (Å²) in [5.41, 5.74) is 1.92. The average molecular weight is 410 g/mol. The number of rotatable bonds is 3. The summed E-state index contributed by atoms with van der Waals surface area (Å²) >= 11 is 2.21. The van der Waals surface area contributed by atoms with Crippen molar-refractivity contribution in [3.8, 4) is 5.75 Å². The predicted octanol–water partition coefficient (Wildman–Crippen LogP) is 3.55. The van der Waals surface area contributed by atoms with E-state index in [9.17, 15) is 9.18 Å². The second-order valence-electron chi connectivity index (χ2n) is 4.88. The number of hydrogen-bond acceptors (Lipinski definition) is 2. The minimum atomic E-state index is -0.702. The van der Waals surface area contributed by atoms with Crippen molar-refractivity contribution in [2.75, 3.05) is 0 Å². The molecule has 0 bridgehead atoms. The first-order valence-corrected chi connectivity index (χ1v) is 7.64. The van der Waals surface area contributed by atoms with Crippen molar-refractivity contribution in [1.82, 2.24) is 10.3 Å². The van der Waals surface area contributed by atoms with Gasteiger partial charge in [-0.2, -0.15) is 0 Å². The zero-order valence-electron chi connectivity index (χ0n) is 11.4. The number of aromatic amines is 1. The summed E-state index contributed by atoms with van der Waals surface area (Å²) in [4.78, 5) is 15.2. The van der Waals surface area contributed by atoms with Gasteiger partial charge in [0.1, 0.15) is 5.69 Å². The Balaban J connectivity index is 1.74. The highest BCUT2D eigenvalue weighted by molar-refractivity contribution is 14.1. The highest BCUT2D eigenvalue weighted by Gasteiger charge is 2.10. The summed E-state index contributed by atoms with van der Waals surface area (Å²) in [6.45, 7) is 0.183. The van der Waals surface area contributed by atoms with Crippen molar-refractivity contribution in [2.24, 2.45) is 0 Å². The molecule has 0 saturated carbocycles. The monoisotopic (exact) mass is 410 g/mol. The molecule has 22 heavy (non-hydrogen) atoms. The van der Waals surface area contributed by atoms with E-state index >= 15 is 0 Å². The SMILES string of the molecule is O=C(NCc1ccc(O)c(F)c1)c1cc2cc(I)ccc2[nH]1. The number of H-pyrrole nitrogens is 1. The van der Waals surface area contributed by atoms with Crippen molar-refractivity contribution < 1.29 is 14.3 Å². The molecular weight excluding hydrogens is 398 g/mol. The molecule has 0 radical (unpaired) electrons. The number of aromatic nitrogens is 1. The number of phenols is 1. The quantitative estimate of drug-likeness (QED) is 0.579. The van der Waals surface area contributed by atoms with Crippen molar-refractivity contribution in [3.63, 3.8) is 0 Å². The van der Waals surface area contributed by atoms with E-state index in [0.29, 0.717) is 11.3 Å². The first-order valence-electron chi connectivity index (χ1n) is 6.57. The number of halogens is 2. The topological polar surface area (TPSA) is 65.1 Å². The molecule has 3 aromatic rings. The minimum absolute atomic E-state index is 0.183. The molecule has 0 spiro atoms. The van der Waals surface area contributed by atoms with E-state index in [2.05, 4.69) is 32.9 Å². The van der Waals surface area contributed by atoms with E-state index < -0.39 is 11.6 Å². The molecule has 112 valence electrons. The number of benzene rings is 2. The number of phenolic OH excluding ortho intramolecular Hbond substituents is 1. The van der Waals surface area contributed by atoms with Crippen LogP contribution >= 0.6 is 22.6 Å². The zero-order chi connectivity index (χ0) is 15.7. The Morgan fingerprint density at radius 3 is 2.82 bits per heavy atom. The minimum Gasteiger partial charge on any atom is -0.505 e. The van der Waals surface area contributed by atoms with Gasteiger partial charge in [0.05, 0.1) is 0 Å². The van der Waals surface area contributed by atoms with Crippen LogP contribution in [-0.4, -0.2) is 16.0 Å². The molecule has 0 aliphatic heterocycles. The normalized spacial score (nSPS) is 10.8. The van der Waals surface area contributed by atoms with Gasteiger partial charge < -0.3 is 15.4 Å². The van der Waals surface area contributed by atoms with E-state index in [-0.39, 0.29) is 12.5 Å². The smallest absolute Gasteiger partial charge is 0.267 e. The third-order valence-electron chi connectivity index (χ3n) is 3.29. The van der Waals surface area contributed by atoms with E-state index in [1.807, 2.05) is 18.2 Å². The molecule has 3 rings (SSSR count). The fourth-order valence-electron chi connectivity index (χ4n) is 2.16. The maximum atomic E-state index is 13.2. The van der Waals surface area contributed by atoms with Gasteiger partial charge >= 0.3 is 0 Å². The van der Waals surface area contributed by atoms with E-state index in [4.69, 9.17) is 5.11 Å². The lowest BCUT2D eigenvalue weighted by Crippen LogP contribution is -2.23. The number of aromatic hydroxyl groups is 1. The van der Waals surface area contributed by atoms with Crippen LogP contribution < -0.4 is 5.32 Å². The zero-order valence-corrected chi connectivity index (χ0v) is 13.5. The third kappa shape index (κ3) is 3.06. The van der Waals surface area contributed by atoms with Gasteiger partial charge in [0.2, 0.25) is 0 Å². The van der Waals surface area contributed by atoms with E-state index in [1.165, 1.54) is 12.1 Å². The Kier molecular flexibility index (Phi) is 4.02. The second-order valence-corrected chi connectivity index (χ2v) is 6.13. The lowest BCUT2D eigenvalue weighted by atomic mass is 10.2. The molecule has 0 aliphatic rings. The molecular formula is C16H12FIN2O2. The number of fused-ring (bicyclic) bond motifs is 1. The molecule has 3 N–H and O–H groups in total. The molecule has 0 aliphatic carbocycles. The van der Waals surface area contributed by atoms with Gasteiger partial charge in [-0.1, -0.05) is 6.07 Å². The fraction of sp³-hybridized carbons (Fsp3) is 0.0625. The molecule has 1 heterocycles. The summed E-state index contributed by atoms with van der Waals surface area (Å²) in [7, 11) is 0. The standard InChI is InChI=1S/C16H12FIN2O2/c17-12-5-9(1-4-15(12)21)8-19-16(22)14-7-10-6-11(18)2-3-13(10)20-14/h1-7,20-21H,8H2,(H,19,22). The van der Waals surface area contributed by atoms with Crippen LogP contribution in [0.3, 0.4) is 0 Å². The first-order chi connectivity index (χ1) is 10.5. The van der Waals surface area contributed by atoms with Gasteiger partial charge in [0, 0.05) is 21.0 Å². The lowest BCUT2D eigenvalue weighted by Gasteiger charge is -2.04. The maximum Gasteiger partial charge on any atom is 0.267 e. The Hall–Kier alpha value is -2.09. The molecule has 1 amide bonds. The van der Waals surface area contributed by atoms with Crippen LogP contribution in [0.1, 0.15) is 16.1 Å². The molecule has 0 saturated heterocycles. The van der Waals surface area contributed by atoms with Gasteiger partial charge in [-0.05, 0) is 64.6 Å². The number of nitrogens with one attached hydrogen (secondary N) is 2. The third-order valence-corrected chi connectivity index (χ3v) is 3.96. The number of carbonyl (C=O) groups excluding carboxylic acids is 1. The summed E-state index contributed by atoms with van der Waals surface area (Å²) < 4.78 is 14.3.